The highest BCUT2D eigenvalue weighted by Crippen LogP contribution is 2.17. The van der Waals surface area contributed by atoms with Gasteiger partial charge in [0.2, 0.25) is 0 Å². The molecule has 0 saturated carbocycles. The summed E-state index contributed by atoms with van der Waals surface area (Å²) in [5.41, 5.74) is 1.01. The molecule has 1 saturated heterocycles. The smallest absolute Gasteiger partial charge is 0.255 e. The number of halogens is 1. The van der Waals surface area contributed by atoms with Gasteiger partial charge in [0.25, 0.3) is 5.56 Å². The van der Waals surface area contributed by atoms with Crippen LogP contribution < -0.4 is 10.9 Å². The summed E-state index contributed by atoms with van der Waals surface area (Å²) in [5.74, 6) is 0.185. The number of sulfone groups is 1. The monoisotopic (exact) mass is 366 g/mol. The third-order valence-electron chi connectivity index (χ3n) is 4.49. The number of rotatable bonds is 5. The first-order valence-electron chi connectivity index (χ1n) is 8.51. The molecule has 2 heterocycles. The Morgan fingerprint density at radius 3 is 2.72 bits per heavy atom. The van der Waals surface area contributed by atoms with Gasteiger partial charge in [0.1, 0.15) is 5.82 Å². The molecule has 1 aliphatic rings. The normalized spacial score (nSPS) is 19.8. The van der Waals surface area contributed by atoms with Crippen molar-refractivity contribution in [3.8, 4) is 0 Å². The molecule has 1 N–H and O–H groups in total. The van der Waals surface area contributed by atoms with Crippen LogP contribution in [0.1, 0.15) is 25.8 Å². The van der Waals surface area contributed by atoms with E-state index in [0.717, 1.165) is 5.39 Å². The van der Waals surface area contributed by atoms with Gasteiger partial charge < -0.3 is 9.88 Å². The Morgan fingerprint density at radius 1 is 1.32 bits per heavy atom. The lowest BCUT2D eigenvalue weighted by atomic mass is 10.1. The van der Waals surface area contributed by atoms with Crippen LogP contribution in [0.3, 0.4) is 0 Å². The highest BCUT2D eigenvalue weighted by molar-refractivity contribution is 7.91. The van der Waals surface area contributed by atoms with Gasteiger partial charge in [-0.05, 0) is 42.0 Å². The molecule has 1 atom stereocenters. The predicted octanol–water partition coefficient (Wildman–Crippen LogP) is 2.07. The summed E-state index contributed by atoms with van der Waals surface area (Å²) in [6, 6.07) is 6.09. The maximum atomic E-state index is 13.6. The number of nitrogens with zero attached hydrogens (tertiary/aromatic N) is 1. The topological polar surface area (TPSA) is 68.2 Å². The number of hydrogen-bond acceptors (Lipinski definition) is 4. The van der Waals surface area contributed by atoms with Gasteiger partial charge in [0.05, 0.1) is 17.0 Å². The number of aromatic nitrogens is 1. The van der Waals surface area contributed by atoms with Crippen molar-refractivity contribution in [3.63, 3.8) is 0 Å². The molecule has 1 aromatic heterocycles. The number of benzene rings is 1. The van der Waals surface area contributed by atoms with E-state index in [4.69, 9.17) is 0 Å². The second kappa shape index (κ2) is 6.88. The summed E-state index contributed by atoms with van der Waals surface area (Å²) < 4.78 is 38.4. The van der Waals surface area contributed by atoms with Crippen LogP contribution in [0.2, 0.25) is 0 Å². The van der Waals surface area contributed by atoms with Crippen LogP contribution in [0.25, 0.3) is 10.9 Å². The Hall–Kier alpha value is -1.73. The lowest BCUT2D eigenvalue weighted by molar-refractivity contribution is 0.512. The zero-order valence-corrected chi connectivity index (χ0v) is 15.3. The Balaban J connectivity index is 1.94. The molecular weight excluding hydrogens is 343 g/mol. The highest BCUT2D eigenvalue weighted by Gasteiger charge is 2.27. The van der Waals surface area contributed by atoms with Gasteiger partial charge in [-0.15, -0.1) is 0 Å². The third kappa shape index (κ3) is 4.10. The molecule has 1 aliphatic heterocycles. The minimum Gasteiger partial charge on any atom is -0.309 e. The van der Waals surface area contributed by atoms with Gasteiger partial charge in [0, 0.05) is 24.7 Å². The molecule has 0 unspecified atom stereocenters. The van der Waals surface area contributed by atoms with E-state index in [0.29, 0.717) is 30.6 Å². The minimum absolute atomic E-state index is 0.117. The molecule has 136 valence electrons. The van der Waals surface area contributed by atoms with E-state index in [1.165, 1.54) is 12.1 Å². The van der Waals surface area contributed by atoms with E-state index < -0.39 is 9.84 Å². The standard InChI is InChI=1S/C18H23FN2O3S/c1-12(2)10-21-17-8-15(19)4-3-13(17)7-14(18(21)22)9-20-16-5-6-25(23,24)11-16/h3-4,7-8,12,16,20H,5-6,9-11H2,1-2H3/t16-/m1/s1. The molecule has 25 heavy (non-hydrogen) atoms. The zero-order chi connectivity index (χ0) is 18.2. The first-order chi connectivity index (χ1) is 11.7. The Kier molecular flexibility index (Phi) is 4.97. The van der Waals surface area contributed by atoms with Gasteiger partial charge >= 0.3 is 0 Å². The van der Waals surface area contributed by atoms with E-state index >= 15 is 0 Å². The van der Waals surface area contributed by atoms with E-state index in [1.54, 1.807) is 16.7 Å². The summed E-state index contributed by atoms with van der Waals surface area (Å²) in [6.07, 6.45) is 0.571. The van der Waals surface area contributed by atoms with Crippen LogP contribution in [0.4, 0.5) is 4.39 Å². The van der Waals surface area contributed by atoms with Crippen molar-refractivity contribution >= 4 is 20.7 Å². The fraction of sp³-hybridized carbons (Fsp3) is 0.500. The summed E-state index contributed by atoms with van der Waals surface area (Å²) in [7, 11) is -2.96. The van der Waals surface area contributed by atoms with E-state index in [1.807, 2.05) is 13.8 Å². The van der Waals surface area contributed by atoms with Gasteiger partial charge in [-0.2, -0.15) is 0 Å². The Bertz CT molecular complexity index is 951. The van der Waals surface area contributed by atoms with Gasteiger partial charge in [0.15, 0.2) is 9.84 Å². The van der Waals surface area contributed by atoms with Crippen LogP contribution in [0.15, 0.2) is 29.1 Å². The predicted molar refractivity (Wildman–Crippen MR) is 96.9 cm³/mol. The number of hydrogen-bond donors (Lipinski definition) is 1. The molecule has 3 rings (SSSR count). The van der Waals surface area contributed by atoms with E-state index in [2.05, 4.69) is 5.32 Å². The molecule has 0 radical (unpaired) electrons. The van der Waals surface area contributed by atoms with Crippen molar-refractivity contribution in [3.05, 3.63) is 46.0 Å². The van der Waals surface area contributed by atoms with Crippen molar-refractivity contribution in [1.82, 2.24) is 9.88 Å². The first kappa shape index (κ1) is 18.1. The Labute approximate surface area is 146 Å². The Morgan fingerprint density at radius 2 is 2.08 bits per heavy atom. The average molecular weight is 366 g/mol. The van der Waals surface area contributed by atoms with Crippen molar-refractivity contribution in [2.24, 2.45) is 5.92 Å². The lowest BCUT2D eigenvalue weighted by Gasteiger charge is -2.16. The third-order valence-corrected chi connectivity index (χ3v) is 6.26. The second-order valence-electron chi connectivity index (χ2n) is 7.16. The average Bonchev–Trinajstić information content (AvgIpc) is 2.88. The van der Waals surface area contributed by atoms with Gasteiger partial charge in [-0.1, -0.05) is 13.8 Å². The van der Waals surface area contributed by atoms with Crippen LogP contribution >= 0.6 is 0 Å². The second-order valence-corrected chi connectivity index (χ2v) is 9.39. The fourth-order valence-electron chi connectivity index (χ4n) is 3.29. The molecule has 7 heteroatoms. The van der Waals surface area contributed by atoms with Crippen molar-refractivity contribution < 1.29 is 12.8 Å². The van der Waals surface area contributed by atoms with Crippen LogP contribution in [0, 0.1) is 11.7 Å². The zero-order valence-electron chi connectivity index (χ0n) is 14.5. The highest BCUT2D eigenvalue weighted by atomic mass is 32.2. The van der Waals surface area contributed by atoms with Gasteiger partial charge in [-0.25, -0.2) is 12.8 Å². The largest absolute Gasteiger partial charge is 0.309 e. The molecule has 0 aliphatic carbocycles. The fourth-order valence-corrected chi connectivity index (χ4v) is 5.00. The SMILES string of the molecule is CC(C)Cn1c(=O)c(CN[C@@H]2CCS(=O)(=O)C2)cc2ccc(F)cc21. The summed E-state index contributed by atoms with van der Waals surface area (Å²) in [6.45, 7) is 4.83. The molecule has 0 amide bonds. The summed E-state index contributed by atoms with van der Waals surface area (Å²) in [5, 5.41) is 3.99. The van der Waals surface area contributed by atoms with Gasteiger partial charge in [-0.3, -0.25) is 4.79 Å². The van der Waals surface area contributed by atoms with E-state index in [-0.39, 0.29) is 34.8 Å². The molecule has 2 aromatic rings. The molecule has 1 fully saturated rings. The van der Waals surface area contributed by atoms with Crippen molar-refractivity contribution in [2.75, 3.05) is 11.5 Å². The number of pyridine rings is 1. The first-order valence-corrected chi connectivity index (χ1v) is 10.3. The van der Waals surface area contributed by atoms with E-state index in [9.17, 15) is 17.6 Å². The van der Waals surface area contributed by atoms with Crippen LogP contribution in [0.5, 0.6) is 0 Å². The summed E-state index contributed by atoms with van der Waals surface area (Å²) in [4.78, 5) is 12.8. The number of fused-ring (bicyclic) bond motifs is 1. The maximum absolute atomic E-state index is 13.6. The van der Waals surface area contributed by atoms with Crippen molar-refractivity contribution in [1.29, 1.82) is 0 Å². The number of nitrogens with one attached hydrogen (secondary N) is 1. The molecule has 0 bridgehead atoms. The quantitative estimate of drug-likeness (QED) is 0.880. The van der Waals surface area contributed by atoms with Crippen LogP contribution in [-0.2, 0) is 22.9 Å². The minimum atomic E-state index is -2.96. The molecular formula is C18H23FN2O3S. The molecule has 5 nitrogen and oxygen atoms in total. The molecule has 0 spiro atoms. The maximum Gasteiger partial charge on any atom is 0.255 e. The van der Waals surface area contributed by atoms with Crippen molar-refractivity contribution in [2.45, 2.75) is 39.4 Å². The lowest BCUT2D eigenvalue weighted by Crippen LogP contribution is -2.34. The molecule has 1 aromatic carbocycles. The summed E-state index contributed by atoms with van der Waals surface area (Å²) >= 11 is 0. The van der Waals surface area contributed by atoms with Crippen LogP contribution in [-0.4, -0.2) is 30.5 Å².